The molecule has 0 unspecified atom stereocenters. The van der Waals surface area contributed by atoms with Gasteiger partial charge in [0.25, 0.3) is 0 Å². The van der Waals surface area contributed by atoms with E-state index in [2.05, 4.69) is 17.4 Å². The van der Waals surface area contributed by atoms with E-state index in [0.717, 1.165) is 30.0 Å². The molecule has 0 bridgehead atoms. The van der Waals surface area contributed by atoms with Crippen LogP contribution in [-0.2, 0) is 0 Å². The van der Waals surface area contributed by atoms with Crippen molar-refractivity contribution in [2.75, 3.05) is 23.3 Å². The Morgan fingerprint density at radius 2 is 1.33 bits per heavy atom. The van der Waals surface area contributed by atoms with Crippen LogP contribution in [0.1, 0.15) is 6.42 Å². The first-order valence-electron chi connectivity index (χ1n) is 9.32. The van der Waals surface area contributed by atoms with Gasteiger partial charge in [0.05, 0.1) is 11.4 Å². The monoisotopic (exact) mass is 357 g/mol. The number of likely N-dealkylation sites (tertiary alicyclic amines) is 1. The summed E-state index contributed by atoms with van der Waals surface area (Å²) in [5.41, 5.74) is 2.86. The number of anilines is 3. The zero-order valence-corrected chi connectivity index (χ0v) is 15.2. The standard InChI is InChI=1S/C23H23N3O/c27-23(25-17-16-20(18-25)24-19-10-4-1-5-11-19)26(21-12-6-2-7-13-21)22-14-8-3-9-15-22/h1-15,20,24H,16-18H2/t20-/m0/s1. The molecule has 0 aliphatic carbocycles. The van der Waals surface area contributed by atoms with Crippen molar-refractivity contribution in [2.45, 2.75) is 12.5 Å². The Morgan fingerprint density at radius 3 is 1.89 bits per heavy atom. The van der Waals surface area contributed by atoms with E-state index in [4.69, 9.17) is 0 Å². The molecule has 1 aliphatic heterocycles. The maximum atomic E-state index is 13.4. The Kier molecular flexibility index (Phi) is 5.06. The van der Waals surface area contributed by atoms with Crippen molar-refractivity contribution in [1.29, 1.82) is 0 Å². The molecule has 0 aromatic heterocycles. The molecule has 4 nitrogen and oxygen atoms in total. The minimum atomic E-state index is 0.0183. The predicted molar refractivity (Wildman–Crippen MR) is 110 cm³/mol. The Morgan fingerprint density at radius 1 is 0.815 bits per heavy atom. The van der Waals surface area contributed by atoms with E-state index in [1.54, 1.807) is 4.90 Å². The zero-order valence-electron chi connectivity index (χ0n) is 15.2. The molecule has 3 aromatic rings. The highest BCUT2D eigenvalue weighted by Crippen LogP contribution is 2.28. The second-order valence-corrected chi connectivity index (χ2v) is 6.73. The lowest BCUT2D eigenvalue weighted by Crippen LogP contribution is -2.40. The summed E-state index contributed by atoms with van der Waals surface area (Å²) >= 11 is 0. The molecule has 2 amide bonds. The lowest BCUT2D eigenvalue weighted by molar-refractivity contribution is 0.218. The normalized spacial score (nSPS) is 16.1. The maximum Gasteiger partial charge on any atom is 0.329 e. The van der Waals surface area contributed by atoms with Crippen LogP contribution in [0.15, 0.2) is 91.0 Å². The molecular formula is C23H23N3O. The third kappa shape index (κ3) is 3.95. The SMILES string of the molecule is O=C(N1CC[C@H](Nc2ccccc2)C1)N(c1ccccc1)c1ccccc1. The second kappa shape index (κ2) is 7.96. The van der Waals surface area contributed by atoms with Gasteiger partial charge in [-0.15, -0.1) is 0 Å². The van der Waals surface area contributed by atoms with Crippen molar-refractivity contribution in [3.05, 3.63) is 91.0 Å². The molecule has 136 valence electrons. The van der Waals surface area contributed by atoms with Crippen LogP contribution in [-0.4, -0.2) is 30.1 Å². The highest BCUT2D eigenvalue weighted by atomic mass is 16.2. The van der Waals surface area contributed by atoms with Gasteiger partial charge in [0.2, 0.25) is 0 Å². The van der Waals surface area contributed by atoms with Crippen LogP contribution in [0.25, 0.3) is 0 Å². The van der Waals surface area contributed by atoms with Crippen molar-refractivity contribution >= 4 is 23.1 Å². The molecule has 1 fully saturated rings. The van der Waals surface area contributed by atoms with Gasteiger partial charge in [0.15, 0.2) is 0 Å². The number of urea groups is 1. The van der Waals surface area contributed by atoms with Gasteiger partial charge in [-0.05, 0) is 42.8 Å². The molecule has 3 aromatic carbocycles. The molecule has 1 aliphatic rings. The van der Waals surface area contributed by atoms with Gasteiger partial charge in [-0.3, -0.25) is 4.90 Å². The van der Waals surface area contributed by atoms with Crippen LogP contribution in [0.4, 0.5) is 21.9 Å². The molecule has 1 atom stereocenters. The van der Waals surface area contributed by atoms with Crippen LogP contribution in [0, 0.1) is 0 Å². The van der Waals surface area contributed by atoms with Crippen molar-refractivity contribution in [2.24, 2.45) is 0 Å². The fraction of sp³-hybridized carbons (Fsp3) is 0.174. The molecule has 0 saturated carbocycles. The number of nitrogens with zero attached hydrogens (tertiary/aromatic N) is 2. The van der Waals surface area contributed by atoms with Crippen molar-refractivity contribution in [3.63, 3.8) is 0 Å². The number of amides is 2. The minimum Gasteiger partial charge on any atom is -0.380 e. The average molecular weight is 357 g/mol. The lowest BCUT2D eigenvalue weighted by Gasteiger charge is -2.28. The summed E-state index contributed by atoms with van der Waals surface area (Å²) in [5, 5.41) is 3.53. The first kappa shape index (κ1) is 17.2. The van der Waals surface area contributed by atoms with Crippen LogP contribution >= 0.6 is 0 Å². The summed E-state index contributed by atoms with van der Waals surface area (Å²) in [6.07, 6.45) is 0.943. The molecule has 0 radical (unpaired) electrons. The largest absolute Gasteiger partial charge is 0.380 e. The van der Waals surface area contributed by atoms with Gasteiger partial charge in [0, 0.05) is 24.8 Å². The number of hydrogen-bond acceptors (Lipinski definition) is 2. The topological polar surface area (TPSA) is 35.6 Å². The van der Waals surface area contributed by atoms with Gasteiger partial charge < -0.3 is 10.2 Å². The maximum absolute atomic E-state index is 13.4. The summed E-state index contributed by atoms with van der Waals surface area (Å²) in [6.45, 7) is 1.45. The van der Waals surface area contributed by atoms with E-state index >= 15 is 0 Å². The number of benzene rings is 3. The first-order chi connectivity index (χ1) is 13.3. The fourth-order valence-electron chi connectivity index (χ4n) is 3.49. The Hall–Kier alpha value is -3.27. The molecule has 4 heteroatoms. The Bertz CT molecular complexity index is 828. The zero-order chi connectivity index (χ0) is 18.5. The second-order valence-electron chi connectivity index (χ2n) is 6.73. The van der Waals surface area contributed by atoms with E-state index in [1.165, 1.54) is 0 Å². The molecule has 1 N–H and O–H groups in total. The van der Waals surface area contributed by atoms with E-state index in [9.17, 15) is 4.79 Å². The first-order valence-corrected chi connectivity index (χ1v) is 9.32. The number of nitrogens with one attached hydrogen (secondary N) is 1. The number of carbonyl (C=O) groups excluding carboxylic acids is 1. The smallest absolute Gasteiger partial charge is 0.329 e. The van der Waals surface area contributed by atoms with E-state index in [0.29, 0.717) is 6.54 Å². The van der Waals surface area contributed by atoms with Crippen LogP contribution in [0.5, 0.6) is 0 Å². The van der Waals surface area contributed by atoms with Gasteiger partial charge in [-0.25, -0.2) is 4.79 Å². The van der Waals surface area contributed by atoms with Crippen molar-refractivity contribution < 1.29 is 4.79 Å². The number of hydrogen-bond donors (Lipinski definition) is 1. The van der Waals surface area contributed by atoms with E-state index < -0.39 is 0 Å². The molecular weight excluding hydrogens is 334 g/mol. The number of para-hydroxylation sites is 3. The number of carbonyl (C=O) groups is 1. The third-order valence-electron chi connectivity index (χ3n) is 4.82. The summed E-state index contributed by atoms with van der Waals surface area (Å²) in [5.74, 6) is 0. The summed E-state index contributed by atoms with van der Waals surface area (Å²) in [4.78, 5) is 17.1. The van der Waals surface area contributed by atoms with E-state index in [-0.39, 0.29) is 12.1 Å². The minimum absolute atomic E-state index is 0.0183. The molecule has 0 spiro atoms. The third-order valence-corrected chi connectivity index (χ3v) is 4.82. The summed E-state index contributed by atoms with van der Waals surface area (Å²) < 4.78 is 0. The molecule has 1 saturated heterocycles. The predicted octanol–water partition coefficient (Wildman–Crippen LogP) is 5.13. The van der Waals surface area contributed by atoms with Gasteiger partial charge in [-0.2, -0.15) is 0 Å². The Labute approximate surface area is 160 Å². The highest BCUT2D eigenvalue weighted by molar-refractivity contribution is 5.99. The molecule has 27 heavy (non-hydrogen) atoms. The average Bonchev–Trinajstić information content (AvgIpc) is 3.19. The summed E-state index contributed by atoms with van der Waals surface area (Å²) in [6, 6.07) is 30.1. The van der Waals surface area contributed by atoms with Crippen molar-refractivity contribution in [1.82, 2.24) is 4.90 Å². The van der Waals surface area contributed by atoms with Crippen LogP contribution in [0.2, 0.25) is 0 Å². The van der Waals surface area contributed by atoms with Gasteiger partial charge >= 0.3 is 6.03 Å². The molecule has 1 heterocycles. The van der Waals surface area contributed by atoms with Gasteiger partial charge in [-0.1, -0.05) is 54.6 Å². The van der Waals surface area contributed by atoms with Gasteiger partial charge in [0.1, 0.15) is 0 Å². The fourth-order valence-corrected chi connectivity index (χ4v) is 3.49. The lowest BCUT2D eigenvalue weighted by atomic mass is 10.2. The molecule has 4 rings (SSSR count). The quantitative estimate of drug-likeness (QED) is 0.702. The van der Waals surface area contributed by atoms with Crippen LogP contribution in [0.3, 0.4) is 0 Å². The van der Waals surface area contributed by atoms with E-state index in [1.807, 2.05) is 83.8 Å². The van der Waals surface area contributed by atoms with Crippen LogP contribution < -0.4 is 10.2 Å². The Balaban J connectivity index is 1.52. The highest BCUT2D eigenvalue weighted by Gasteiger charge is 2.30. The van der Waals surface area contributed by atoms with Crippen molar-refractivity contribution in [3.8, 4) is 0 Å². The summed E-state index contributed by atoms with van der Waals surface area (Å²) in [7, 11) is 0. The number of rotatable bonds is 4.